The number of halogens is 1. The first kappa shape index (κ1) is 25.6. The number of hydrazone groups is 1. The second-order valence-electron chi connectivity index (χ2n) is 7.76. The van der Waals surface area contributed by atoms with E-state index in [4.69, 9.17) is 4.74 Å². The van der Waals surface area contributed by atoms with Crippen LogP contribution >= 0.6 is 15.9 Å². The Kier molecular flexibility index (Phi) is 9.14. The highest BCUT2D eigenvalue weighted by atomic mass is 79.9. The highest BCUT2D eigenvalue weighted by molar-refractivity contribution is 9.10. The fourth-order valence-corrected chi connectivity index (χ4v) is 3.37. The van der Waals surface area contributed by atoms with Crippen LogP contribution in [0.2, 0.25) is 0 Å². The summed E-state index contributed by atoms with van der Waals surface area (Å²) in [6.07, 6.45) is 1.34. The molecule has 0 saturated carbocycles. The van der Waals surface area contributed by atoms with Crippen LogP contribution in [0.1, 0.15) is 22.3 Å². The summed E-state index contributed by atoms with van der Waals surface area (Å²) in [5.41, 5.74) is 6.39. The average Bonchev–Trinajstić information content (AvgIpc) is 2.83. The summed E-state index contributed by atoms with van der Waals surface area (Å²) in [6, 6.07) is 20.2. The number of amides is 3. The maximum atomic E-state index is 12.3. The first-order chi connectivity index (χ1) is 16.8. The molecule has 3 N–H and O–H groups in total. The molecule has 0 aromatic heterocycles. The maximum Gasteiger partial charge on any atom is 0.329 e. The molecule has 0 heterocycles. The van der Waals surface area contributed by atoms with Gasteiger partial charge in [-0.15, -0.1) is 0 Å². The molecule has 0 bridgehead atoms. The Morgan fingerprint density at radius 3 is 2.46 bits per heavy atom. The van der Waals surface area contributed by atoms with E-state index in [0.29, 0.717) is 17.0 Å². The van der Waals surface area contributed by atoms with E-state index in [0.717, 1.165) is 21.2 Å². The van der Waals surface area contributed by atoms with Gasteiger partial charge in [0, 0.05) is 22.3 Å². The normalized spacial score (nSPS) is 10.6. The molecule has 0 aliphatic carbocycles. The van der Waals surface area contributed by atoms with Gasteiger partial charge < -0.3 is 15.4 Å². The molecule has 3 aromatic rings. The first-order valence-corrected chi connectivity index (χ1v) is 11.5. The second-order valence-corrected chi connectivity index (χ2v) is 8.67. The molecule has 0 aliphatic rings. The summed E-state index contributed by atoms with van der Waals surface area (Å²) in [5, 5.41) is 9.16. The van der Waals surface area contributed by atoms with Crippen LogP contribution in [0.5, 0.6) is 5.75 Å². The van der Waals surface area contributed by atoms with Crippen molar-refractivity contribution in [3.8, 4) is 5.75 Å². The molecule has 0 fully saturated rings. The quantitative estimate of drug-likeness (QED) is 0.231. The molecule has 8 nitrogen and oxygen atoms in total. The molecule has 0 spiro atoms. The van der Waals surface area contributed by atoms with Crippen LogP contribution in [0.4, 0.5) is 5.69 Å². The van der Waals surface area contributed by atoms with Gasteiger partial charge in [-0.3, -0.25) is 14.4 Å². The van der Waals surface area contributed by atoms with Crippen LogP contribution in [-0.4, -0.2) is 30.5 Å². The molecular weight excluding hydrogens is 512 g/mol. The van der Waals surface area contributed by atoms with Gasteiger partial charge in [0.2, 0.25) is 0 Å². The minimum Gasteiger partial charge on any atom is -0.483 e. The molecule has 3 aromatic carbocycles. The van der Waals surface area contributed by atoms with Crippen LogP contribution in [-0.2, 0) is 20.9 Å². The Labute approximate surface area is 211 Å². The highest BCUT2D eigenvalue weighted by Crippen LogP contribution is 2.22. The van der Waals surface area contributed by atoms with E-state index in [1.54, 1.807) is 24.3 Å². The zero-order valence-electron chi connectivity index (χ0n) is 19.3. The highest BCUT2D eigenvalue weighted by Gasteiger charge is 2.12. The Hall–Kier alpha value is -3.98. The van der Waals surface area contributed by atoms with Crippen LogP contribution in [0.15, 0.2) is 76.3 Å². The molecule has 35 heavy (non-hydrogen) atoms. The standard InChI is InChI=1S/C26H25BrN4O4/c1-17-6-8-19(9-7-17)14-28-25(33)26(34)31-29-15-20-13-21(27)10-11-23(20)35-16-24(32)30-22-5-3-4-18(2)12-22/h3-13,15H,14,16H2,1-2H3,(H,28,33)(H,30,32)(H,31,34)/b29-15-. The number of hydrogen-bond acceptors (Lipinski definition) is 5. The lowest BCUT2D eigenvalue weighted by Crippen LogP contribution is -2.37. The average molecular weight is 537 g/mol. The first-order valence-electron chi connectivity index (χ1n) is 10.8. The summed E-state index contributed by atoms with van der Waals surface area (Å²) in [5.74, 6) is -1.64. The Morgan fingerprint density at radius 1 is 0.943 bits per heavy atom. The zero-order chi connectivity index (χ0) is 25.2. The van der Waals surface area contributed by atoms with Gasteiger partial charge in [0.1, 0.15) is 5.75 Å². The molecular formula is C26H25BrN4O4. The summed E-state index contributed by atoms with van der Waals surface area (Å²) < 4.78 is 6.39. The lowest BCUT2D eigenvalue weighted by molar-refractivity contribution is -0.139. The monoisotopic (exact) mass is 536 g/mol. The number of ether oxygens (including phenoxy) is 1. The molecule has 0 saturated heterocycles. The van der Waals surface area contributed by atoms with E-state index >= 15 is 0 Å². The molecule has 0 atom stereocenters. The minimum absolute atomic E-state index is 0.218. The largest absolute Gasteiger partial charge is 0.483 e. The van der Waals surface area contributed by atoms with E-state index in [-0.39, 0.29) is 19.1 Å². The van der Waals surface area contributed by atoms with Crippen molar-refractivity contribution in [2.24, 2.45) is 5.10 Å². The topological polar surface area (TPSA) is 109 Å². The number of benzene rings is 3. The van der Waals surface area contributed by atoms with Gasteiger partial charge in [0.15, 0.2) is 6.61 Å². The van der Waals surface area contributed by atoms with Crippen molar-refractivity contribution in [1.29, 1.82) is 0 Å². The van der Waals surface area contributed by atoms with Crippen LogP contribution in [0.25, 0.3) is 0 Å². The number of carbonyl (C=O) groups is 3. The Bertz CT molecular complexity index is 1240. The number of nitrogens with zero attached hydrogens (tertiary/aromatic N) is 1. The number of hydrogen-bond donors (Lipinski definition) is 3. The van der Waals surface area contributed by atoms with Crippen molar-refractivity contribution in [3.05, 3.63) is 93.5 Å². The lowest BCUT2D eigenvalue weighted by atomic mass is 10.1. The summed E-state index contributed by atoms with van der Waals surface area (Å²) in [7, 11) is 0. The Morgan fingerprint density at radius 2 is 1.71 bits per heavy atom. The molecule has 0 radical (unpaired) electrons. The lowest BCUT2D eigenvalue weighted by Gasteiger charge is -2.10. The van der Waals surface area contributed by atoms with Gasteiger partial charge in [-0.2, -0.15) is 5.10 Å². The molecule has 9 heteroatoms. The third-order valence-electron chi connectivity index (χ3n) is 4.78. The molecule has 0 aliphatic heterocycles. The van der Waals surface area contributed by atoms with Crippen LogP contribution in [0, 0.1) is 13.8 Å². The van der Waals surface area contributed by atoms with Crippen molar-refractivity contribution in [2.45, 2.75) is 20.4 Å². The van der Waals surface area contributed by atoms with Crippen molar-refractivity contribution in [1.82, 2.24) is 10.7 Å². The van der Waals surface area contributed by atoms with Crippen molar-refractivity contribution < 1.29 is 19.1 Å². The van der Waals surface area contributed by atoms with Crippen molar-refractivity contribution in [3.63, 3.8) is 0 Å². The Balaban J connectivity index is 1.53. The van der Waals surface area contributed by atoms with Crippen molar-refractivity contribution >= 4 is 45.6 Å². The summed E-state index contributed by atoms with van der Waals surface area (Å²) in [6.45, 7) is 3.91. The minimum atomic E-state index is -0.900. The third-order valence-corrected chi connectivity index (χ3v) is 5.28. The number of aryl methyl sites for hydroxylation is 2. The second kappa shape index (κ2) is 12.5. The SMILES string of the molecule is Cc1ccc(CNC(=O)C(=O)N/N=C\c2cc(Br)ccc2OCC(=O)Nc2cccc(C)c2)cc1. The predicted molar refractivity (Wildman–Crippen MR) is 138 cm³/mol. The van der Waals surface area contributed by atoms with E-state index in [9.17, 15) is 14.4 Å². The van der Waals surface area contributed by atoms with Gasteiger partial charge in [-0.25, -0.2) is 5.43 Å². The van der Waals surface area contributed by atoms with E-state index < -0.39 is 11.8 Å². The van der Waals surface area contributed by atoms with Crippen LogP contribution in [0.3, 0.4) is 0 Å². The summed E-state index contributed by atoms with van der Waals surface area (Å²) in [4.78, 5) is 36.3. The number of anilines is 1. The van der Waals surface area contributed by atoms with E-state index in [2.05, 4.69) is 37.1 Å². The molecule has 0 unspecified atom stereocenters. The fraction of sp³-hybridized carbons (Fsp3) is 0.154. The molecule has 3 amide bonds. The van der Waals surface area contributed by atoms with Crippen molar-refractivity contribution in [2.75, 3.05) is 11.9 Å². The van der Waals surface area contributed by atoms with Gasteiger partial charge in [-0.1, -0.05) is 57.9 Å². The van der Waals surface area contributed by atoms with Gasteiger partial charge in [-0.05, 0) is 55.3 Å². The zero-order valence-corrected chi connectivity index (χ0v) is 20.9. The van der Waals surface area contributed by atoms with Crippen LogP contribution < -0.4 is 20.8 Å². The maximum absolute atomic E-state index is 12.3. The van der Waals surface area contributed by atoms with E-state index in [1.807, 2.05) is 56.3 Å². The predicted octanol–water partition coefficient (Wildman–Crippen LogP) is 3.85. The molecule has 3 rings (SSSR count). The number of rotatable bonds is 8. The van der Waals surface area contributed by atoms with Gasteiger partial charge in [0.25, 0.3) is 5.91 Å². The molecule has 180 valence electrons. The van der Waals surface area contributed by atoms with Gasteiger partial charge in [0.05, 0.1) is 6.21 Å². The fourth-order valence-electron chi connectivity index (χ4n) is 2.99. The third kappa shape index (κ3) is 8.38. The summed E-state index contributed by atoms with van der Waals surface area (Å²) >= 11 is 3.37. The smallest absolute Gasteiger partial charge is 0.329 e. The van der Waals surface area contributed by atoms with E-state index in [1.165, 1.54) is 6.21 Å². The van der Waals surface area contributed by atoms with Gasteiger partial charge >= 0.3 is 11.8 Å². The number of nitrogens with one attached hydrogen (secondary N) is 3. The number of carbonyl (C=O) groups excluding carboxylic acids is 3.